The van der Waals surface area contributed by atoms with Crippen LogP contribution in [0.1, 0.15) is 88.6 Å². The molecule has 1 aromatic carbocycles. The minimum atomic E-state index is -0.904. The predicted molar refractivity (Wildman–Crippen MR) is 139 cm³/mol. The quantitative estimate of drug-likeness (QED) is 0.513. The first kappa shape index (κ1) is 26.8. The minimum Gasteiger partial charge on any atom is -0.476 e. The Hall–Kier alpha value is -1.79. The van der Waals surface area contributed by atoms with Crippen LogP contribution in [0.5, 0.6) is 5.75 Å². The molecule has 190 valence electrons. The third-order valence-corrected chi connectivity index (χ3v) is 7.35. The molecule has 1 N–H and O–H groups in total. The van der Waals surface area contributed by atoms with Gasteiger partial charge in [-0.15, -0.1) is 12.4 Å². The second kappa shape index (κ2) is 10.9. The molecule has 1 aliphatic carbocycles. The van der Waals surface area contributed by atoms with E-state index in [4.69, 9.17) is 4.74 Å². The van der Waals surface area contributed by atoms with Crippen molar-refractivity contribution in [2.75, 3.05) is 24.5 Å². The number of piperidine rings is 1. The highest BCUT2D eigenvalue weighted by atomic mass is 35.5. The molecule has 3 aliphatic rings. The summed E-state index contributed by atoms with van der Waals surface area (Å²) in [6.07, 6.45) is 8.19. The summed E-state index contributed by atoms with van der Waals surface area (Å²) in [5.41, 5.74) is 1.41. The number of carbonyl (C=O) groups is 2. The molecule has 1 aromatic rings. The number of fused-ring (bicyclic) bond motifs is 1. The molecular weight excluding hydrogens is 450 g/mol. The van der Waals surface area contributed by atoms with E-state index in [0.29, 0.717) is 17.9 Å². The molecule has 0 aromatic heterocycles. The van der Waals surface area contributed by atoms with Crippen LogP contribution in [0.2, 0.25) is 0 Å². The number of aryl methyl sites for hydroxylation is 1. The van der Waals surface area contributed by atoms with Crippen molar-refractivity contribution >= 4 is 29.9 Å². The Bertz CT molecular complexity index is 891. The number of halogens is 1. The zero-order valence-electron chi connectivity index (χ0n) is 21.5. The number of carbonyl (C=O) groups excluding carboxylic acids is 2. The fourth-order valence-electron chi connectivity index (χ4n) is 5.31. The minimum absolute atomic E-state index is 0. The van der Waals surface area contributed by atoms with Crippen LogP contribution in [0, 0.1) is 12.8 Å². The third-order valence-electron chi connectivity index (χ3n) is 7.35. The summed E-state index contributed by atoms with van der Waals surface area (Å²) in [5, 5.41) is 3.44. The summed E-state index contributed by atoms with van der Waals surface area (Å²) in [6, 6.07) is 4.16. The summed E-state index contributed by atoms with van der Waals surface area (Å²) in [4.78, 5) is 31.0. The standard InChI is InChI=1S/C27H41N3O3.ClH/c1-18(2)30(21-10-8-13-28-17-21)25(31)22-16-23-24(15-19(22)3)33-27(4,5)26(32)29(23)14-7-6-9-20-11-12-20;/h15-16,18,20-21,28H,6-14,17H2,1-5H3;1H/t21-;/m1./s1. The lowest BCUT2D eigenvalue weighted by Crippen LogP contribution is -2.53. The first-order valence-corrected chi connectivity index (χ1v) is 12.9. The van der Waals surface area contributed by atoms with Gasteiger partial charge in [0.2, 0.25) is 0 Å². The number of amides is 2. The molecule has 2 amide bonds. The van der Waals surface area contributed by atoms with Gasteiger partial charge in [-0.25, -0.2) is 0 Å². The molecule has 0 bridgehead atoms. The van der Waals surface area contributed by atoms with Crippen molar-refractivity contribution in [3.63, 3.8) is 0 Å². The Morgan fingerprint density at radius 2 is 1.97 bits per heavy atom. The van der Waals surface area contributed by atoms with Gasteiger partial charge >= 0.3 is 0 Å². The summed E-state index contributed by atoms with van der Waals surface area (Å²) < 4.78 is 6.13. The van der Waals surface area contributed by atoms with Crippen molar-refractivity contribution in [1.82, 2.24) is 10.2 Å². The van der Waals surface area contributed by atoms with E-state index in [1.807, 2.05) is 42.7 Å². The highest BCUT2D eigenvalue weighted by Gasteiger charge is 2.41. The Labute approximate surface area is 211 Å². The number of rotatable bonds is 8. The van der Waals surface area contributed by atoms with Crippen LogP contribution < -0.4 is 15.0 Å². The van der Waals surface area contributed by atoms with Crippen molar-refractivity contribution in [3.05, 3.63) is 23.3 Å². The fourth-order valence-corrected chi connectivity index (χ4v) is 5.31. The number of ether oxygens (including phenoxy) is 1. The molecule has 34 heavy (non-hydrogen) atoms. The number of nitrogens with zero attached hydrogens (tertiary/aromatic N) is 2. The molecule has 1 saturated heterocycles. The van der Waals surface area contributed by atoms with Crippen LogP contribution in [0.25, 0.3) is 0 Å². The van der Waals surface area contributed by atoms with E-state index in [-0.39, 0.29) is 36.3 Å². The van der Waals surface area contributed by atoms with Crippen LogP contribution in [-0.2, 0) is 4.79 Å². The topological polar surface area (TPSA) is 61.9 Å². The lowest BCUT2D eigenvalue weighted by molar-refractivity contribution is -0.132. The van der Waals surface area contributed by atoms with Crippen LogP contribution in [0.15, 0.2) is 12.1 Å². The van der Waals surface area contributed by atoms with Crippen molar-refractivity contribution in [2.45, 2.75) is 97.2 Å². The maximum absolute atomic E-state index is 13.8. The molecule has 0 spiro atoms. The highest BCUT2D eigenvalue weighted by molar-refractivity contribution is 6.05. The van der Waals surface area contributed by atoms with Gasteiger partial charge in [0.15, 0.2) is 5.60 Å². The van der Waals surface area contributed by atoms with E-state index in [0.717, 1.165) is 55.9 Å². The van der Waals surface area contributed by atoms with Gasteiger partial charge in [0.25, 0.3) is 11.8 Å². The molecule has 0 radical (unpaired) electrons. The van der Waals surface area contributed by atoms with Gasteiger partial charge in [-0.1, -0.05) is 25.7 Å². The van der Waals surface area contributed by atoms with Crippen LogP contribution in [-0.4, -0.2) is 54.0 Å². The average Bonchev–Trinajstić information content (AvgIpc) is 3.58. The van der Waals surface area contributed by atoms with Crippen LogP contribution in [0.4, 0.5) is 5.69 Å². The van der Waals surface area contributed by atoms with Crippen molar-refractivity contribution in [1.29, 1.82) is 0 Å². The maximum Gasteiger partial charge on any atom is 0.270 e. The van der Waals surface area contributed by atoms with Crippen molar-refractivity contribution < 1.29 is 14.3 Å². The fraction of sp³-hybridized carbons (Fsp3) is 0.704. The number of anilines is 1. The molecular formula is C27H42ClN3O3. The van der Waals surface area contributed by atoms with E-state index in [2.05, 4.69) is 19.2 Å². The number of benzene rings is 1. The van der Waals surface area contributed by atoms with Gasteiger partial charge in [0.05, 0.1) is 5.69 Å². The van der Waals surface area contributed by atoms with E-state index >= 15 is 0 Å². The van der Waals surface area contributed by atoms with Gasteiger partial charge in [-0.3, -0.25) is 9.59 Å². The molecule has 6 nitrogen and oxygen atoms in total. The molecule has 2 heterocycles. The monoisotopic (exact) mass is 491 g/mol. The zero-order chi connectivity index (χ0) is 23.8. The van der Waals surface area contributed by atoms with E-state index in [1.165, 1.54) is 19.3 Å². The summed E-state index contributed by atoms with van der Waals surface area (Å²) >= 11 is 0. The van der Waals surface area contributed by atoms with Crippen molar-refractivity contribution in [3.8, 4) is 5.75 Å². The van der Waals surface area contributed by atoms with Gasteiger partial charge in [0.1, 0.15) is 5.75 Å². The summed E-state index contributed by atoms with van der Waals surface area (Å²) in [6.45, 7) is 12.3. The second-order valence-corrected chi connectivity index (χ2v) is 10.9. The maximum atomic E-state index is 13.8. The SMILES string of the molecule is Cc1cc2c(cc1C(=O)N(C(C)C)[C@@H]1CCCNC1)N(CCCCC1CC1)C(=O)C(C)(C)O2.Cl. The van der Waals surface area contributed by atoms with Gasteiger partial charge in [-0.2, -0.15) is 0 Å². The summed E-state index contributed by atoms with van der Waals surface area (Å²) in [7, 11) is 0. The molecule has 2 fully saturated rings. The average molecular weight is 492 g/mol. The molecule has 1 saturated carbocycles. The first-order valence-electron chi connectivity index (χ1n) is 12.9. The largest absolute Gasteiger partial charge is 0.476 e. The summed E-state index contributed by atoms with van der Waals surface area (Å²) in [5.74, 6) is 1.62. The van der Waals surface area contributed by atoms with E-state index in [9.17, 15) is 9.59 Å². The van der Waals surface area contributed by atoms with Gasteiger partial charge in [-0.05, 0) is 84.0 Å². The first-order chi connectivity index (χ1) is 15.7. The molecule has 2 aliphatic heterocycles. The normalized spacial score (nSPS) is 21.5. The van der Waals surface area contributed by atoms with Crippen molar-refractivity contribution in [2.24, 2.45) is 5.92 Å². The Morgan fingerprint density at radius 3 is 2.59 bits per heavy atom. The van der Waals surface area contributed by atoms with E-state index in [1.54, 1.807) is 0 Å². The number of hydrogen-bond acceptors (Lipinski definition) is 4. The van der Waals surface area contributed by atoms with Crippen LogP contribution in [0.3, 0.4) is 0 Å². The molecule has 1 atom stereocenters. The second-order valence-electron chi connectivity index (χ2n) is 10.9. The van der Waals surface area contributed by atoms with Gasteiger partial charge in [0, 0.05) is 30.7 Å². The Kier molecular flexibility index (Phi) is 8.56. The molecule has 4 rings (SSSR count). The van der Waals surface area contributed by atoms with Gasteiger partial charge < -0.3 is 19.9 Å². The molecule has 7 heteroatoms. The highest BCUT2D eigenvalue weighted by Crippen LogP contribution is 2.41. The molecule has 0 unspecified atom stereocenters. The van der Waals surface area contributed by atoms with Crippen LogP contribution >= 0.6 is 12.4 Å². The number of hydrogen-bond donors (Lipinski definition) is 1. The lowest BCUT2D eigenvalue weighted by atomic mass is 9.97. The lowest BCUT2D eigenvalue weighted by Gasteiger charge is -2.40. The third kappa shape index (κ3) is 5.71. The Morgan fingerprint density at radius 1 is 1.24 bits per heavy atom. The predicted octanol–water partition coefficient (Wildman–Crippen LogP) is 5.10. The number of nitrogens with one attached hydrogen (secondary N) is 1. The van der Waals surface area contributed by atoms with E-state index < -0.39 is 5.60 Å². The zero-order valence-corrected chi connectivity index (χ0v) is 22.3. The smallest absolute Gasteiger partial charge is 0.270 e. The Balaban J connectivity index is 0.00000324. The number of unbranched alkanes of at least 4 members (excludes halogenated alkanes) is 1.